The monoisotopic (exact) mass is 305 g/mol. The molecule has 0 unspecified atom stereocenters. The molecule has 0 bridgehead atoms. The number of sulfone groups is 1. The predicted molar refractivity (Wildman–Crippen MR) is 80.4 cm³/mol. The Balaban J connectivity index is 2.17. The molecule has 2 rings (SSSR count). The van der Waals surface area contributed by atoms with Crippen LogP contribution in [0.4, 0.5) is 10.5 Å². The number of ether oxygens (including phenoxy) is 1. The Morgan fingerprint density at radius 2 is 1.76 bits per heavy atom. The average Bonchev–Trinajstić information content (AvgIpc) is 2.41. The van der Waals surface area contributed by atoms with Gasteiger partial charge in [-0.25, -0.2) is 13.2 Å². The molecule has 2 aromatic rings. The lowest BCUT2D eigenvalue weighted by molar-refractivity contribution is 0.215. The lowest BCUT2D eigenvalue weighted by Crippen LogP contribution is -2.17. The van der Waals surface area contributed by atoms with Crippen LogP contribution >= 0.6 is 0 Å². The highest BCUT2D eigenvalue weighted by molar-refractivity contribution is 7.90. The number of hydrogen-bond donors (Lipinski definition) is 1. The van der Waals surface area contributed by atoms with Crippen molar-refractivity contribution in [3.05, 3.63) is 54.1 Å². The molecule has 0 aliphatic rings. The first-order chi connectivity index (χ1) is 9.86. The van der Waals surface area contributed by atoms with Crippen molar-refractivity contribution in [1.29, 1.82) is 0 Å². The van der Waals surface area contributed by atoms with Gasteiger partial charge in [-0.1, -0.05) is 24.3 Å². The Labute approximate surface area is 123 Å². The number of carbonyl (C=O) groups excluding carboxylic acids is 1. The molecular formula is C15H15NO4S. The highest BCUT2D eigenvalue weighted by Gasteiger charge is 2.12. The smallest absolute Gasteiger partial charge is 0.410 e. The van der Waals surface area contributed by atoms with Gasteiger partial charge in [-0.3, -0.25) is 5.32 Å². The summed E-state index contributed by atoms with van der Waals surface area (Å²) in [6.07, 6.45) is 0.443. The zero-order valence-electron chi connectivity index (χ0n) is 11.7. The topological polar surface area (TPSA) is 72.5 Å². The summed E-state index contributed by atoms with van der Waals surface area (Å²) < 4.78 is 28.2. The Morgan fingerprint density at radius 1 is 1.10 bits per heavy atom. The summed E-state index contributed by atoms with van der Waals surface area (Å²) >= 11 is 0. The molecule has 1 N–H and O–H groups in total. The molecule has 0 heterocycles. The van der Waals surface area contributed by atoms with E-state index < -0.39 is 15.9 Å². The number of nitrogens with one attached hydrogen (secondary N) is 1. The van der Waals surface area contributed by atoms with Gasteiger partial charge in [-0.05, 0) is 36.8 Å². The molecule has 0 aliphatic heterocycles. The van der Waals surface area contributed by atoms with Gasteiger partial charge in [0.2, 0.25) is 0 Å². The van der Waals surface area contributed by atoms with Crippen molar-refractivity contribution in [2.75, 3.05) is 11.6 Å². The molecule has 6 heteroatoms. The van der Waals surface area contributed by atoms with Crippen molar-refractivity contribution < 1.29 is 17.9 Å². The Kier molecular flexibility index (Phi) is 4.28. The fraction of sp³-hybridized carbons (Fsp3) is 0.133. The van der Waals surface area contributed by atoms with Crippen molar-refractivity contribution in [2.45, 2.75) is 11.8 Å². The molecule has 0 fully saturated rings. The van der Waals surface area contributed by atoms with Gasteiger partial charge in [0.25, 0.3) is 0 Å². The molecular weight excluding hydrogens is 290 g/mol. The van der Waals surface area contributed by atoms with Crippen LogP contribution in [-0.2, 0) is 9.84 Å². The molecule has 21 heavy (non-hydrogen) atoms. The first-order valence-corrected chi connectivity index (χ1v) is 8.10. The van der Waals surface area contributed by atoms with E-state index in [2.05, 4.69) is 5.32 Å². The SMILES string of the molecule is Cc1ccc(S(C)(=O)=O)cc1NC(=O)Oc1ccccc1. The molecule has 0 saturated carbocycles. The molecule has 0 spiro atoms. The molecule has 0 saturated heterocycles. The number of rotatable bonds is 3. The van der Waals surface area contributed by atoms with Crippen LogP contribution in [0.3, 0.4) is 0 Å². The van der Waals surface area contributed by atoms with Gasteiger partial charge < -0.3 is 4.74 Å². The minimum Gasteiger partial charge on any atom is -0.410 e. The maximum absolute atomic E-state index is 11.8. The summed E-state index contributed by atoms with van der Waals surface area (Å²) in [6, 6.07) is 13.2. The minimum absolute atomic E-state index is 0.142. The van der Waals surface area contributed by atoms with Crippen molar-refractivity contribution >= 4 is 21.6 Å². The van der Waals surface area contributed by atoms with E-state index in [4.69, 9.17) is 4.74 Å². The summed E-state index contributed by atoms with van der Waals surface area (Å²) in [5.74, 6) is 0.409. The maximum Gasteiger partial charge on any atom is 0.417 e. The number of amides is 1. The highest BCUT2D eigenvalue weighted by Crippen LogP contribution is 2.20. The van der Waals surface area contributed by atoms with Gasteiger partial charge in [0.15, 0.2) is 9.84 Å². The molecule has 1 amide bonds. The molecule has 5 nitrogen and oxygen atoms in total. The van der Waals surface area contributed by atoms with Crippen LogP contribution in [0.5, 0.6) is 5.75 Å². The standard InChI is InChI=1S/C15H15NO4S/c1-11-8-9-13(21(2,18)19)10-14(11)16-15(17)20-12-6-4-3-5-7-12/h3-10H,1-2H3,(H,16,17). The average molecular weight is 305 g/mol. The second-order valence-corrected chi connectivity index (χ2v) is 6.59. The molecule has 0 aromatic heterocycles. The van der Waals surface area contributed by atoms with Crippen LogP contribution in [0.25, 0.3) is 0 Å². The second kappa shape index (κ2) is 5.97. The normalized spacial score (nSPS) is 11.0. The number of anilines is 1. The predicted octanol–water partition coefficient (Wildman–Crippen LogP) is 3.01. The van der Waals surface area contributed by atoms with Crippen LogP contribution in [0.1, 0.15) is 5.56 Å². The van der Waals surface area contributed by atoms with E-state index in [0.717, 1.165) is 11.8 Å². The number of benzene rings is 2. The fourth-order valence-electron chi connectivity index (χ4n) is 1.70. The largest absolute Gasteiger partial charge is 0.417 e. The van der Waals surface area contributed by atoms with Gasteiger partial charge in [0.05, 0.1) is 4.90 Å². The van der Waals surface area contributed by atoms with Crippen molar-refractivity contribution in [2.24, 2.45) is 0 Å². The van der Waals surface area contributed by atoms with E-state index in [9.17, 15) is 13.2 Å². The number of para-hydroxylation sites is 1. The van der Waals surface area contributed by atoms with E-state index in [1.54, 1.807) is 37.3 Å². The zero-order chi connectivity index (χ0) is 15.5. The van der Waals surface area contributed by atoms with Crippen molar-refractivity contribution in [3.63, 3.8) is 0 Å². The first kappa shape index (κ1) is 15.1. The molecule has 110 valence electrons. The van der Waals surface area contributed by atoms with Gasteiger partial charge in [0.1, 0.15) is 5.75 Å². The Hall–Kier alpha value is -2.34. The molecule has 0 aliphatic carbocycles. The summed E-state index contributed by atoms with van der Waals surface area (Å²) in [6.45, 7) is 1.77. The molecule has 0 radical (unpaired) electrons. The van der Waals surface area contributed by atoms with E-state index >= 15 is 0 Å². The van der Waals surface area contributed by atoms with E-state index in [-0.39, 0.29) is 4.90 Å². The number of hydrogen-bond acceptors (Lipinski definition) is 4. The highest BCUT2D eigenvalue weighted by atomic mass is 32.2. The zero-order valence-corrected chi connectivity index (χ0v) is 12.5. The van der Waals surface area contributed by atoms with Gasteiger partial charge in [-0.15, -0.1) is 0 Å². The van der Waals surface area contributed by atoms with Crippen molar-refractivity contribution in [1.82, 2.24) is 0 Å². The van der Waals surface area contributed by atoms with Crippen LogP contribution < -0.4 is 10.1 Å². The summed E-state index contributed by atoms with van der Waals surface area (Å²) in [5.41, 5.74) is 1.14. The number of aryl methyl sites for hydroxylation is 1. The molecule has 2 aromatic carbocycles. The van der Waals surface area contributed by atoms with Gasteiger partial charge in [0, 0.05) is 11.9 Å². The minimum atomic E-state index is -3.33. The number of carbonyl (C=O) groups is 1. The maximum atomic E-state index is 11.8. The van der Waals surface area contributed by atoms with Gasteiger partial charge in [-0.2, -0.15) is 0 Å². The quantitative estimate of drug-likeness (QED) is 0.946. The third-order valence-electron chi connectivity index (χ3n) is 2.83. The second-order valence-electron chi connectivity index (χ2n) is 4.58. The third-order valence-corrected chi connectivity index (χ3v) is 3.94. The van der Waals surface area contributed by atoms with E-state index in [1.807, 2.05) is 6.07 Å². The summed E-state index contributed by atoms with van der Waals surface area (Å²) in [4.78, 5) is 12.0. The van der Waals surface area contributed by atoms with Crippen molar-refractivity contribution in [3.8, 4) is 5.75 Å². The first-order valence-electron chi connectivity index (χ1n) is 6.21. The van der Waals surface area contributed by atoms with E-state index in [1.165, 1.54) is 12.1 Å². The summed E-state index contributed by atoms with van der Waals surface area (Å²) in [5, 5.41) is 2.55. The van der Waals surface area contributed by atoms with Crippen LogP contribution in [0.15, 0.2) is 53.4 Å². The van der Waals surface area contributed by atoms with E-state index in [0.29, 0.717) is 11.4 Å². The molecule has 0 atom stereocenters. The Bertz CT molecular complexity index is 754. The fourth-order valence-corrected chi connectivity index (χ4v) is 2.34. The van der Waals surface area contributed by atoms with Crippen LogP contribution in [0, 0.1) is 6.92 Å². The third kappa shape index (κ3) is 4.06. The van der Waals surface area contributed by atoms with Crippen LogP contribution in [0.2, 0.25) is 0 Å². The van der Waals surface area contributed by atoms with Gasteiger partial charge >= 0.3 is 6.09 Å². The Morgan fingerprint density at radius 3 is 2.38 bits per heavy atom. The lowest BCUT2D eigenvalue weighted by atomic mass is 10.2. The van der Waals surface area contributed by atoms with Crippen LogP contribution in [-0.4, -0.2) is 20.8 Å². The lowest BCUT2D eigenvalue weighted by Gasteiger charge is -2.10. The summed E-state index contributed by atoms with van der Waals surface area (Å²) in [7, 11) is -3.33.